The molecule has 0 spiro atoms. The summed E-state index contributed by atoms with van der Waals surface area (Å²) in [5.74, 6) is 0.0750. The number of hydrogen-bond acceptors (Lipinski definition) is 3. The highest BCUT2D eigenvalue weighted by Gasteiger charge is 2.15. The van der Waals surface area contributed by atoms with Gasteiger partial charge in [0.15, 0.2) is 0 Å². The quantitative estimate of drug-likeness (QED) is 0.577. The number of nitrogens with two attached hydrogens (primary N) is 1. The Labute approximate surface area is 119 Å². The Balaban J connectivity index is 2.66. The molecule has 0 aromatic heterocycles. The van der Waals surface area contributed by atoms with Crippen LogP contribution in [-0.4, -0.2) is 30.1 Å². The fourth-order valence-corrected chi connectivity index (χ4v) is 2.53. The Kier molecular flexibility index (Phi) is 4.25. The molecule has 106 valence electrons. The topological polar surface area (TPSA) is 73.3 Å². The van der Waals surface area contributed by atoms with E-state index >= 15 is 0 Å². The second-order valence-corrected chi connectivity index (χ2v) is 5.10. The first-order chi connectivity index (χ1) is 9.56. The van der Waals surface area contributed by atoms with Crippen LogP contribution in [-0.2, 0) is 0 Å². The van der Waals surface area contributed by atoms with Crippen LogP contribution in [0, 0.1) is 5.41 Å². The molecule has 2 aromatic rings. The molecule has 4 nitrogen and oxygen atoms in total. The molecule has 0 radical (unpaired) electrons. The van der Waals surface area contributed by atoms with Crippen LogP contribution in [0.2, 0.25) is 0 Å². The molecule has 0 aliphatic heterocycles. The highest BCUT2D eigenvalue weighted by molar-refractivity contribution is 6.10. The Hall–Kier alpha value is -2.07. The molecule has 0 saturated heterocycles. The third kappa shape index (κ3) is 2.60. The standard InChI is InChI=1S/C16H21N3O/c1-11(2)19(9-10-20)15-8-7-14(16(17)18)12-5-3-4-6-13(12)15/h3-8,11,20H,9-10H2,1-2H3,(H3,17,18). The number of aliphatic hydroxyl groups is 1. The van der Waals surface area contributed by atoms with E-state index < -0.39 is 0 Å². The number of nitrogens with zero attached hydrogens (tertiary/aromatic N) is 1. The van der Waals surface area contributed by atoms with Gasteiger partial charge in [0.05, 0.1) is 6.61 Å². The highest BCUT2D eigenvalue weighted by atomic mass is 16.3. The predicted octanol–water partition coefficient (Wildman–Crippen LogP) is 2.33. The molecule has 0 saturated carbocycles. The van der Waals surface area contributed by atoms with Gasteiger partial charge in [-0.25, -0.2) is 0 Å². The maximum absolute atomic E-state index is 9.27. The lowest BCUT2D eigenvalue weighted by molar-refractivity contribution is 0.299. The van der Waals surface area contributed by atoms with E-state index in [1.54, 1.807) is 0 Å². The van der Waals surface area contributed by atoms with Gasteiger partial charge in [0.1, 0.15) is 5.84 Å². The zero-order valence-electron chi connectivity index (χ0n) is 11.9. The summed E-state index contributed by atoms with van der Waals surface area (Å²) >= 11 is 0. The summed E-state index contributed by atoms with van der Waals surface area (Å²) in [6.45, 7) is 4.90. The highest BCUT2D eigenvalue weighted by Crippen LogP contribution is 2.30. The smallest absolute Gasteiger partial charge is 0.123 e. The first kappa shape index (κ1) is 14.3. The van der Waals surface area contributed by atoms with E-state index in [2.05, 4.69) is 18.7 Å². The molecular weight excluding hydrogens is 250 g/mol. The van der Waals surface area contributed by atoms with Crippen molar-refractivity contribution in [2.24, 2.45) is 5.73 Å². The third-order valence-electron chi connectivity index (χ3n) is 3.46. The van der Waals surface area contributed by atoms with Gasteiger partial charge in [-0.1, -0.05) is 24.3 Å². The van der Waals surface area contributed by atoms with Crippen LogP contribution < -0.4 is 10.6 Å². The van der Waals surface area contributed by atoms with Crippen LogP contribution in [0.4, 0.5) is 5.69 Å². The van der Waals surface area contributed by atoms with Crippen LogP contribution in [0.15, 0.2) is 36.4 Å². The SMILES string of the molecule is CC(C)N(CCO)c1ccc(C(=N)N)c2ccccc12. The average molecular weight is 271 g/mol. The minimum Gasteiger partial charge on any atom is -0.395 e. The number of anilines is 1. The van der Waals surface area contributed by atoms with Crippen molar-refractivity contribution < 1.29 is 5.11 Å². The largest absolute Gasteiger partial charge is 0.395 e. The molecule has 4 heteroatoms. The van der Waals surface area contributed by atoms with Crippen molar-refractivity contribution in [3.05, 3.63) is 42.0 Å². The lowest BCUT2D eigenvalue weighted by Gasteiger charge is -2.30. The monoisotopic (exact) mass is 271 g/mol. The minimum atomic E-state index is 0.0750. The Bertz CT molecular complexity index is 622. The number of nitrogen functional groups attached to an aromatic ring is 1. The lowest BCUT2D eigenvalue weighted by Crippen LogP contribution is -2.33. The van der Waals surface area contributed by atoms with E-state index in [4.69, 9.17) is 11.1 Å². The van der Waals surface area contributed by atoms with Crippen LogP contribution >= 0.6 is 0 Å². The van der Waals surface area contributed by atoms with Crippen LogP contribution in [0.5, 0.6) is 0 Å². The summed E-state index contributed by atoms with van der Waals surface area (Å²) in [5.41, 5.74) is 7.47. The first-order valence-electron chi connectivity index (χ1n) is 6.80. The van der Waals surface area contributed by atoms with Crippen molar-refractivity contribution in [2.45, 2.75) is 19.9 Å². The molecule has 2 rings (SSSR count). The molecule has 0 aliphatic rings. The van der Waals surface area contributed by atoms with E-state index in [0.717, 1.165) is 22.0 Å². The van der Waals surface area contributed by atoms with E-state index in [-0.39, 0.29) is 18.5 Å². The van der Waals surface area contributed by atoms with Crippen LogP contribution in [0.25, 0.3) is 10.8 Å². The van der Waals surface area contributed by atoms with Gasteiger partial charge in [-0.2, -0.15) is 0 Å². The van der Waals surface area contributed by atoms with Gasteiger partial charge in [0.25, 0.3) is 0 Å². The predicted molar refractivity (Wildman–Crippen MR) is 84.5 cm³/mol. The van der Waals surface area contributed by atoms with Crippen molar-refractivity contribution in [3.63, 3.8) is 0 Å². The van der Waals surface area contributed by atoms with Crippen LogP contribution in [0.3, 0.4) is 0 Å². The summed E-state index contributed by atoms with van der Waals surface area (Å²) in [4.78, 5) is 2.16. The molecule has 0 aliphatic carbocycles. The van der Waals surface area contributed by atoms with Crippen molar-refractivity contribution in [3.8, 4) is 0 Å². The number of nitrogens with one attached hydrogen (secondary N) is 1. The third-order valence-corrected chi connectivity index (χ3v) is 3.46. The van der Waals surface area contributed by atoms with Gasteiger partial charge in [0.2, 0.25) is 0 Å². The first-order valence-corrected chi connectivity index (χ1v) is 6.80. The van der Waals surface area contributed by atoms with Crippen LogP contribution in [0.1, 0.15) is 19.4 Å². The van der Waals surface area contributed by atoms with E-state index in [1.165, 1.54) is 0 Å². The summed E-state index contributed by atoms with van der Waals surface area (Å²) in [5, 5.41) is 19.0. The fourth-order valence-electron chi connectivity index (χ4n) is 2.53. The second-order valence-electron chi connectivity index (χ2n) is 5.10. The number of hydrogen-bond donors (Lipinski definition) is 3. The number of rotatable bonds is 5. The molecule has 0 atom stereocenters. The molecular formula is C16H21N3O. The zero-order chi connectivity index (χ0) is 14.7. The molecule has 20 heavy (non-hydrogen) atoms. The Morgan fingerprint density at radius 1 is 1.20 bits per heavy atom. The van der Waals surface area contributed by atoms with Gasteiger partial charge < -0.3 is 15.7 Å². The van der Waals surface area contributed by atoms with E-state index in [9.17, 15) is 5.11 Å². The van der Waals surface area contributed by atoms with Crippen molar-refractivity contribution in [2.75, 3.05) is 18.1 Å². The minimum absolute atomic E-state index is 0.0750. The van der Waals surface area contributed by atoms with Gasteiger partial charge >= 0.3 is 0 Å². The molecule has 0 amide bonds. The molecule has 0 bridgehead atoms. The Morgan fingerprint density at radius 2 is 1.85 bits per heavy atom. The van der Waals surface area contributed by atoms with Crippen molar-refractivity contribution >= 4 is 22.3 Å². The molecule has 0 unspecified atom stereocenters. The van der Waals surface area contributed by atoms with Gasteiger partial charge in [0, 0.05) is 29.2 Å². The molecule has 2 aromatic carbocycles. The maximum atomic E-state index is 9.27. The molecule has 4 N–H and O–H groups in total. The van der Waals surface area contributed by atoms with Gasteiger partial charge in [-0.05, 0) is 31.4 Å². The summed E-state index contributed by atoms with van der Waals surface area (Å²) < 4.78 is 0. The van der Waals surface area contributed by atoms with Gasteiger partial charge in [-0.3, -0.25) is 5.41 Å². The van der Waals surface area contributed by atoms with E-state index in [0.29, 0.717) is 6.54 Å². The van der Waals surface area contributed by atoms with E-state index in [1.807, 2.05) is 36.4 Å². The average Bonchev–Trinajstić information content (AvgIpc) is 2.43. The number of fused-ring (bicyclic) bond motifs is 1. The maximum Gasteiger partial charge on any atom is 0.123 e. The number of amidine groups is 1. The summed E-state index contributed by atoms with van der Waals surface area (Å²) in [6, 6.07) is 12.1. The zero-order valence-corrected chi connectivity index (χ0v) is 11.9. The number of aliphatic hydroxyl groups excluding tert-OH is 1. The lowest BCUT2D eigenvalue weighted by atomic mass is 10.0. The van der Waals surface area contributed by atoms with Gasteiger partial charge in [-0.15, -0.1) is 0 Å². The van der Waals surface area contributed by atoms with Crippen molar-refractivity contribution in [1.82, 2.24) is 0 Å². The Morgan fingerprint density at radius 3 is 2.40 bits per heavy atom. The molecule has 0 fully saturated rings. The summed E-state index contributed by atoms with van der Waals surface area (Å²) in [7, 11) is 0. The van der Waals surface area contributed by atoms with Crippen molar-refractivity contribution in [1.29, 1.82) is 5.41 Å². The second kappa shape index (κ2) is 5.92. The normalized spacial score (nSPS) is 11.0. The summed E-state index contributed by atoms with van der Waals surface area (Å²) in [6.07, 6.45) is 0. The molecule has 0 heterocycles. The fraction of sp³-hybridized carbons (Fsp3) is 0.312. The number of benzene rings is 2.